The summed E-state index contributed by atoms with van der Waals surface area (Å²) in [6, 6.07) is 16.4. The predicted molar refractivity (Wildman–Crippen MR) is 102 cm³/mol. The van der Waals surface area contributed by atoms with Crippen LogP contribution < -0.4 is 0 Å². The van der Waals surface area contributed by atoms with Crippen LogP contribution in [0, 0.1) is 12.8 Å². The van der Waals surface area contributed by atoms with E-state index in [-0.39, 0.29) is 23.3 Å². The molecule has 0 aliphatic carbocycles. The fourth-order valence-electron chi connectivity index (χ4n) is 3.36. The van der Waals surface area contributed by atoms with Crippen LogP contribution in [-0.2, 0) is 10.0 Å². The zero-order valence-corrected chi connectivity index (χ0v) is 16.1. The van der Waals surface area contributed by atoms with Crippen LogP contribution in [0.1, 0.15) is 37.3 Å². The van der Waals surface area contributed by atoms with Crippen LogP contribution in [0.5, 0.6) is 0 Å². The number of sulfonamides is 1. The van der Waals surface area contributed by atoms with Crippen molar-refractivity contribution in [3.05, 3.63) is 77.2 Å². The third-order valence-electron chi connectivity index (χ3n) is 5.02. The van der Waals surface area contributed by atoms with Gasteiger partial charge in [-0.2, -0.15) is 4.39 Å². The Bertz CT molecular complexity index is 905. The van der Waals surface area contributed by atoms with E-state index in [4.69, 9.17) is 0 Å². The Labute approximate surface area is 155 Å². The second-order valence-electron chi connectivity index (χ2n) is 7.08. The minimum absolute atomic E-state index is 0.126. The molecule has 0 saturated carbocycles. The van der Waals surface area contributed by atoms with E-state index < -0.39 is 16.0 Å². The maximum Gasteiger partial charge on any atom is 0.266 e. The van der Waals surface area contributed by atoms with Crippen molar-refractivity contribution in [2.75, 3.05) is 6.54 Å². The quantitative estimate of drug-likeness (QED) is 0.691. The largest absolute Gasteiger partial charge is 0.266 e. The van der Waals surface area contributed by atoms with Gasteiger partial charge < -0.3 is 0 Å². The monoisotopic (exact) mass is 373 g/mol. The summed E-state index contributed by atoms with van der Waals surface area (Å²) in [5.41, 5.74) is 2.67. The van der Waals surface area contributed by atoms with Crippen LogP contribution >= 0.6 is 0 Å². The Kier molecular flexibility index (Phi) is 5.19. The van der Waals surface area contributed by atoms with Gasteiger partial charge in [-0.3, -0.25) is 0 Å². The molecule has 1 aliphatic heterocycles. The highest BCUT2D eigenvalue weighted by molar-refractivity contribution is 7.89. The maximum absolute atomic E-state index is 15.1. The lowest BCUT2D eigenvalue weighted by Gasteiger charge is -2.18. The molecule has 0 bridgehead atoms. The molecular weight excluding hydrogens is 349 g/mol. The number of rotatable bonds is 5. The fraction of sp³-hybridized carbons (Fsp3) is 0.333. The van der Waals surface area contributed by atoms with Gasteiger partial charge in [0.05, 0.1) is 4.90 Å². The molecule has 138 valence electrons. The van der Waals surface area contributed by atoms with E-state index in [9.17, 15) is 8.42 Å². The highest BCUT2D eigenvalue weighted by Gasteiger charge is 2.37. The third kappa shape index (κ3) is 3.54. The molecule has 0 radical (unpaired) electrons. The predicted octanol–water partition coefficient (Wildman–Crippen LogP) is 5.01. The molecule has 0 amide bonds. The lowest BCUT2D eigenvalue weighted by Crippen LogP contribution is -2.28. The highest BCUT2D eigenvalue weighted by Crippen LogP contribution is 2.38. The number of benzene rings is 2. The average molecular weight is 373 g/mol. The van der Waals surface area contributed by atoms with Gasteiger partial charge in [0.2, 0.25) is 5.95 Å². The molecule has 26 heavy (non-hydrogen) atoms. The van der Waals surface area contributed by atoms with Gasteiger partial charge >= 0.3 is 0 Å². The van der Waals surface area contributed by atoms with Gasteiger partial charge in [0, 0.05) is 12.5 Å². The smallest absolute Gasteiger partial charge is 0.241 e. The minimum Gasteiger partial charge on any atom is -0.241 e. The second-order valence-corrected chi connectivity index (χ2v) is 8.94. The summed E-state index contributed by atoms with van der Waals surface area (Å²) in [4.78, 5) is 0.128. The molecule has 2 aromatic carbocycles. The van der Waals surface area contributed by atoms with Crippen LogP contribution in [0.3, 0.4) is 0 Å². The van der Waals surface area contributed by atoms with E-state index in [1.165, 1.54) is 12.1 Å². The van der Waals surface area contributed by atoms with E-state index >= 15 is 4.39 Å². The lowest BCUT2D eigenvalue weighted by atomic mass is 9.90. The normalized spacial score (nSPS) is 19.1. The topological polar surface area (TPSA) is 37.4 Å². The Morgan fingerprint density at radius 3 is 2.35 bits per heavy atom. The van der Waals surface area contributed by atoms with Gasteiger partial charge in [-0.25, -0.2) is 12.7 Å². The Morgan fingerprint density at radius 1 is 1.12 bits per heavy atom. The Balaban J connectivity index is 1.88. The van der Waals surface area contributed by atoms with Gasteiger partial charge in [-0.1, -0.05) is 61.9 Å². The van der Waals surface area contributed by atoms with Crippen molar-refractivity contribution in [3.63, 3.8) is 0 Å². The summed E-state index contributed by atoms with van der Waals surface area (Å²) >= 11 is 0. The van der Waals surface area contributed by atoms with Crippen LogP contribution in [0.2, 0.25) is 0 Å². The van der Waals surface area contributed by atoms with Crippen molar-refractivity contribution in [2.24, 2.45) is 5.92 Å². The zero-order valence-electron chi connectivity index (χ0n) is 15.3. The van der Waals surface area contributed by atoms with Crippen LogP contribution in [-0.4, -0.2) is 19.3 Å². The van der Waals surface area contributed by atoms with Crippen LogP contribution in [0.4, 0.5) is 4.39 Å². The molecule has 3 rings (SSSR count). The molecule has 5 heteroatoms. The van der Waals surface area contributed by atoms with Gasteiger partial charge in [-0.15, -0.1) is 0 Å². The Morgan fingerprint density at radius 2 is 1.73 bits per heavy atom. The van der Waals surface area contributed by atoms with Crippen molar-refractivity contribution in [1.82, 2.24) is 4.31 Å². The Hall–Kier alpha value is -2.14. The van der Waals surface area contributed by atoms with E-state index in [1.54, 1.807) is 12.1 Å². The number of halogens is 1. The van der Waals surface area contributed by atoms with Crippen LogP contribution in [0.15, 0.2) is 71.0 Å². The maximum atomic E-state index is 15.1. The van der Waals surface area contributed by atoms with E-state index in [0.29, 0.717) is 12.0 Å². The van der Waals surface area contributed by atoms with E-state index in [2.05, 4.69) is 0 Å². The van der Waals surface area contributed by atoms with Crippen molar-refractivity contribution in [2.45, 2.75) is 38.0 Å². The molecule has 2 aromatic rings. The first-order chi connectivity index (χ1) is 12.3. The molecule has 2 atom stereocenters. The average Bonchev–Trinajstić information content (AvgIpc) is 2.91. The lowest BCUT2D eigenvalue weighted by molar-refractivity contribution is 0.401. The molecule has 0 aromatic heterocycles. The number of hydrogen-bond donors (Lipinski definition) is 0. The van der Waals surface area contributed by atoms with Crippen molar-refractivity contribution < 1.29 is 12.8 Å². The SMILES string of the molecule is Cc1ccc(S(=O)(=O)N2CC(C)C(CC(C)c3ccccc3)=C2F)cc1. The number of aryl methyl sites for hydroxylation is 1. The molecule has 0 saturated heterocycles. The number of hydrogen-bond acceptors (Lipinski definition) is 2. The summed E-state index contributed by atoms with van der Waals surface area (Å²) in [5.74, 6) is -0.622. The summed E-state index contributed by atoms with van der Waals surface area (Å²) in [7, 11) is -3.87. The molecule has 1 heterocycles. The number of nitrogens with zero attached hydrogens (tertiary/aromatic N) is 1. The highest BCUT2D eigenvalue weighted by atomic mass is 32.2. The third-order valence-corrected chi connectivity index (χ3v) is 6.78. The fourth-order valence-corrected chi connectivity index (χ4v) is 4.84. The summed E-state index contributed by atoms with van der Waals surface area (Å²) in [6.07, 6.45) is 0.511. The van der Waals surface area contributed by atoms with Crippen molar-refractivity contribution in [3.8, 4) is 0 Å². The van der Waals surface area contributed by atoms with Gasteiger partial charge in [0.1, 0.15) is 0 Å². The summed E-state index contributed by atoms with van der Waals surface area (Å²) in [6.45, 7) is 5.97. The minimum atomic E-state index is -3.87. The summed E-state index contributed by atoms with van der Waals surface area (Å²) < 4.78 is 41.7. The molecule has 0 N–H and O–H groups in total. The van der Waals surface area contributed by atoms with Crippen molar-refractivity contribution >= 4 is 10.0 Å². The molecule has 1 aliphatic rings. The second kappa shape index (κ2) is 7.23. The molecule has 0 spiro atoms. The first kappa shape index (κ1) is 18.6. The summed E-state index contributed by atoms with van der Waals surface area (Å²) in [5, 5.41) is 0. The van der Waals surface area contributed by atoms with Crippen LogP contribution in [0.25, 0.3) is 0 Å². The van der Waals surface area contributed by atoms with Gasteiger partial charge in [0.15, 0.2) is 0 Å². The molecular formula is C21H24FNO2S. The molecule has 3 nitrogen and oxygen atoms in total. The van der Waals surface area contributed by atoms with Gasteiger partial charge in [0.25, 0.3) is 10.0 Å². The zero-order chi connectivity index (χ0) is 18.9. The van der Waals surface area contributed by atoms with Crippen molar-refractivity contribution in [1.29, 1.82) is 0 Å². The standard InChI is InChI=1S/C21H24FNO2S/c1-15-9-11-19(12-10-15)26(24,25)23-14-17(3)20(21(23)22)13-16(2)18-7-5-4-6-8-18/h4-12,16-17H,13-14H2,1-3H3. The molecule has 0 fully saturated rings. The first-order valence-corrected chi connectivity index (χ1v) is 10.3. The van der Waals surface area contributed by atoms with E-state index in [0.717, 1.165) is 15.4 Å². The first-order valence-electron chi connectivity index (χ1n) is 8.83. The van der Waals surface area contributed by atoms with E-state index in [1.807, 2.05) is 51.1 Å². The molecule has 2 unspecified atom stereocenters. The van der Waals surface area contributed by atoms with Gasteiger partial charge in [-0.05, 0) is 42.5 Å².